The van der Waals surface area contributed by atoms with Crippen molar-refractivity contribution < 1.29 is 23.9 Å². The van der Waals surface area contributed by atoms with Crippen molar-refractivity contribution >= 4 is 46.7 Å². The van der Waals surface area contributed by atoms with Crippen LogP contribution in [-0.4, -0.2) is 47.6 Å². The normalized spacial score (nSPS) is 22.5. The molecule has 2 unspecified atom stereocenters. The summed E-state index contributed by atoms with van der Waals surface area (Å²) in [6.07, 6.45) is 0. The molecule has 2 heterocycles. The second kappa shape index (κ2) is 5.72. The lowest BCUT2D eigenvalue weighted by Crippen LogP contribution is -2.41. The zero-order valence-corrected chi connectivity index (χ0v) is 13.5. The van der Waals surface area contributed by atoms with Crippen molar-refractivity contribution in [2.24, 2.45) is 11.0 Å². The lowest BCUT2D eigenvalue weighted by molar-refractivity contribution is -0.136. The number of amides is 3. The molecule has 1 aromatic rings. The van der Waals surface area contributed by atoms with Crippen LogP contribution in [0.15, 0.2) is 29.4 Å². The lowest BCUT2D eigenvalue weighted by atomic mass is 9.98. The maximum Gasteiger partial charge on any atom is 0.355 e. The third kappa shape index (κ3) is 2.26. The van der Waals surface area contributed by atoms with Crippen molar-refractivity contribution in [1.29, 1.82) is 0 Å². The molecule has 3 rings (SSSR count). The first-order valence-electron chi connectivity index (χ1n) is 6.96. The van der Waals surface area contributed by atoms with Crippen molar-refractivity contribution in [3.63, 3.8) is 0 Å². The molecule has 1 saturated heterocycles. The van der Waals surface area contributed by atoms with E-state index < -0.39 is 35.7 Å². The van der Waals surface area contributed by atoms with Crippen LogP contribution < -0.4 is 4.90 Å². The van der Waals surface area contributed by atoms with E-state index in [4.69, 9.17) is 11.6 Å². The number of ether oxygens (including phenoxy) is 1. The van der Waals surface area contributed by atoms with Gasteiger partial charge in [-0.2, -0.15) is 5.10 Å². The number of hydrogen-bond donors (Lipinski definition) is 0. The zero-order chi connectivity index (χ0) is 17.6. The topological polar surface area (TPSA) is 96.3 Å². The number of rotatable bonds is 2. The Morgan fingerprint density at radius 2 is 1.79 bits per heavy atom. The van der Waals surface area contributed by atoms with Gasteiger partial charge < -0.3 is 4.74 Å². The van der Waals surface area contributed by atoms with E-state index in [1.54, 1.807) is 0 Å². The molecular weight excluding hydrogens is 338 g/mol. The molecule has 0 saturated carbocycles. The van der Waals surface area contributed by atoms with Gasteiger partial charge in [-0.15, -0.1) is 0 Å². The molecule has 24 heavy (non-hydrogen) atoms. The number of carbonyl (C=O) groups is 4. The number of fused-ring (bicyclic) bond motifs is 1. The number of hydrogen-bond acceptors (Lipinski definition) is 6. The van der Waals surface area contributed by atoms with Crippen molar-refractivity contribution in [2.45, 2.75) is 13.0 Å². The molecule has 124 valence electrons. The van der Waals surface area contributed by atoms with E-state index in [0.29, 0.717) is 10.7 Å². The first kappa shape index (κ1) is 16.1. The number of benzene rings is 1. The minimum absolute atomic E-state index is 0.257. The standard InChI is InChI=1S/C15H12ClN3O5/c1-7(20)19-12-10(11(17-19)15(23)24-2)13(21)18(14(12)22)9-5-3-8(16)4-6-9/h3-6,10,12H,1-2H3. The van der Waals surface area contributed by atoms with E-state index in [9.17, 15) is 19.2 Å². The minimum atomic E-state index is -1.18. The summed E-state index contributed by atoms with van der Waals surface area (Å²) < 4.78 is 4.60. The fraction of sp³-hybridized carbons (Fsp3) is 0.267. The quantitative estimate of drug-likeness (QED) is 0.575. The second-order valence-corrected chi connectivity index (χ2v) is 5.69. The van der Waals surface area contributed by atoms with Gasteiger partial charge in [0.05, 0.1) is 12.8 Å². The predicted octanol–water partition coefficient (Wildman–Crippen LogP) is 0.589. The van der Waals surface area contributed by atoms with Gasteiger partial charge in [-0.1, -0.05) is 11.6 Å². The molecule has 2 aliphatic rings. The summed E-state index contributed by atoms with van der Waals surface area (Å²) in [5.41, 5.74) is 0.0454. The van der Waals surface area contributed by atoms with Crippen LogP contribution in [0.2, 0.25) is 5.02 Å². The SMILES string of the molecule is COC(=O)C1=NN(C(C)=O)C2C(=O)N(c3ccc(Cl)cc3)C(=O)C12. The van der Waals surface area contributed by atoms with Gasteiger partial charge in [-0.25, -0.2) is 14.7 Å². The van der Waals surface area contributed by atoms with Crippen LogP contribution in [-0.2, 0) is 23.9 Å². The van der Waals surface area contributed by atoms with E-state index in [1.165, 1.54) is 31.2 Å². The molecule has 2 aliphatic heterocycles. The van der Waals surface area contributed by atoms with E-state index >= 15 is 0 Å². The van der Waals surface area contributed by atoms with Gasteiger partial charge in [0.15, 0.2) is 11.8 Å². The number of nitrogens with zero attached hydrogens (tertiary/aromatic N) is 3. The highest BCUT2D eigenvalue weighted by atomic mass is 35.5. The molecule has 0 aliphatic carbocycles. The number of anilines is 1. The highest BCUT2D eigenvalue weighted by Crippen LogP contribution is 2.35. The van der Waals surface area contributed by atoms with Crippen molar-refractivity contribution in [3.8, 4) is 0 Å². The summed E-state index contributed by atoms with van der Waals surface area (Å²) >= 11 is 5.81. The summed E-state index contributed by atoms with van der Waals surface area (Å²) in [4.78, 5) is 50.0. The maximum atomic E-state index is 12.7. The maximum absolute atomic E-state index is 12.7. The molecule has 0 N–H and O–H groups in total. The third-order valence-corrected chi connectivity index (χ3v) is 4.10. The third-order valence-electron chi connectivity index (χ3n) is 3.85. The average molecular weight is 350 g/mol. The number of methoxy groups -OCH3 is 1. The largest absolute Gasteiger partial charge is 0.464 e. The van der Waals surface area contributed by atoms with Crippen LogP contribution >= 0.6 is 11.6 Å². The molecule has 1 fully saturated rings. The van der Waals surface area contributed by atoms with Crippen LogP contribution in [0, 0.1) is 5.92 Å². The van der Waals surface area contributed by atoms with Crippen LogP contribution in [0.1, 0.15) is 6.92 Å². The Labute approximate surface area is 141 Å². The summed E-state index contributed by atoms with van der Waals surface area (Å²) in [6.45, 7) is 1.20. The monoisotopic (exact) mass is 349 g/mol. The fourth-order valence-electron chi connectivity index (χ4n) is 2.79. The Balaban J connectivity index is 2.05. The highest BCUT2D eigenvalue weighted by molar-refractivity contribution is 6.47. The fourth-order valence-corrected chi connectivity index (χ4v) is 2.92. The molecule has 0 radical (unpaired) electrons. The first-order chi connectivity index (χ1) is 11.4. The van der Waals surface area contributed by atoms with Crippen LogP contribution in [0.4, 0.5) is 5.69 Å². The Bertz CT molecular complexity index is 789. The molecule has 3 amide bonds. The zero-order valence-electron chi connectivity index (χ0n) is 12.7. The lowest BCUT2D eigenvalue weighted by Gasteiger charge is -2.19. The van der Waals surface area contributed by atoms with Crippen LogP contribution in [0.3, 0.4) is 0 Å². The van der Waals surface area contributed by atoms with E-state index in [0.717, 1.165) is 17.0 Å². The average Bonchev–Trinajstić information content (AvgIpc) is 3.06. The van der Waals surface area contributed by atoms with Crippen molar-refractivity contribution in [2.75, 3.05) is 12.0 Å². The number of imide groups is 1. The van der Waals surface area contributed by atoms with E-state index in [1.807, 2.05) is 0 Å². The molecule has 2 atom stereocenters. The smallest absolute Gasteiger partial charge is 0.355 e. The summed E-state index contributed by atoms with van der Waals surface area (Å²) in [5.74, 6) is -3.86. The van der Waals surface area contributed by atoms with Crippen molar-refractivity contribution in [1.82, 2.24) is 5.01 Å². The number of hydrazone groups is 1. The van der Waals surface area contributed by atoms with Gasteiger partial charge in [-0.3, -0.25) is 14.4 Å². The van der Waals surface area contributed by atoms with Gasteiger partial charge in [0, 0.05) is 11.9 Å². The molecule has 9 heteroatoms. The van der Waals surface area contributed by atoms with Crippen LogP contribution in [0.5, 0.6) is 0 Å². The molecule has 0 spiro atoms. The highest BCUT2D eigenvalue weighted by Gasteiger charge is 2.59. The molecule has 0 bridgehead atoms. The predicted molar refractivity (Wildman–Crippen MR) is 83.2 cm³/mol. The second-order valence-electron chi connectivity index (χ2n) is 5.25. The van der Waals surface area contributed by atoms with Crippen LogP contribution in [0.25, 0.3) is 0 Å². The van der Waals surface area contributed by atoms with Gasteiger partial charge in [-0.05, 0) is 24.3 Å². The van der Waals surface area contributed by atoms with Gasteiger partial charge in [0.25, 0.3) is 5.91 Å². The van der Waals surface area contributed by atoms with Gasteiger partial charge in [0.2, 0.25) is 11.8 Å². The number of esters is 1. The summed E-state index contributed by atoms with van der Waals surface area (Å²) in [5, 5.41) is 5.12. The summed E-state index contributed by atoms with van der Waals surface area (Å²) in [6, 6.07) is 4.89. The van der Waals surface area contributed by atoms with E-state index in [2.05, 4.69) is 9.84 Å². The van der Waals surface area contributed by atoms with E-state index in [-0.39, 0.29) is 5.71 Å². The van der Waals surface area contributed by atoms with Gasteiger partial charge in [0.1, 0.15) is 5.92 Å². The Kier molecular flexibility index (Phi) is 3.84. The molecule has 0 aromatic heterocycles. The number of halogens is 1. The molecular formula is C15H12ClN3O5. The minimum Gasteiger partial charge on any atom is -0.464 e. The molecule has 1 aromatic carbocycles. The Morgan fingerprint density at radius 3 is 2.33 bits per heavy atom. The Morgan fingerprint density at radius 1 is 1.17 bits per heavy atom. The first-order valence-corrected chi connectivity index (χ1v) is 7.34. The van der Waals surface area contributed by atoms with Gasteiger partial charge >= 0.3 is 5.97 Å². The molecule has 8 nitrogen and oxygen atoms in total. The Hall–Kier alpha value is -2.74. The number of carbonyl (C=O) groups excluding carboxylic acids is 4. The summed E-state index contributed by atoms with van der Waals surface area (Å²) in [7, 11) is 1.13. The van der Waals surface area contributed by atoms with Crippen molar-refractivity contribution in [3.05, 3.63) is 29.3 Å².